The molecule has 1 aliphatic heterocycles. The number of hydrogen-bond acceptors (Lipinski definition) is 3. The molecule has 1 aromatic rings. The molecule has 1 saturated carbocycles. The Bertz CT molecular complexity index is 463. The van der Waals surface area contributed by atoms with Crippen molar-refractivity contribution in [3.8, 4) is 0 Å². The minimum atomic E-state index is -0.184. The van der Waals surface area contributed by atoms with Gasteiger partial charge >= 0.3 is 6.09 Å². The Hall–Kier alpha value is -1.55. The summed E-state index contributed by atoms with van der Waals surface area (Å²) in [6.45, 7) is 1.36. The number of carbonyl (C=O) groups is 1. The lowest BCUT2D eigenvalue weighted by Crippen LogP contribution is -2.34. The van der Waals surface area contributed by atoms with Crippen LogP contribution in [0, 0.1) is 0 Å². The zero-order valence-electron chi connectivity index (χ0n) is 11.7. The summed E-state index contributed by atoms with van der Waals surface area (Å²) in [5.74, 6) is 0.523. The summed E-state index contributed by atoms with van der Waals surface area (Å²) in [5, 5.41) is 0. The highest BCUT2D eigenvalue weighted by molar-refractivity contribution is 5.68. The molecule has 2 fully saturated rings. The molecule has 4 nitrogen and oxygen atoms in total. The number of benzene rings is 1. The van der Waals surface area contributed by atoms with Crippen LogP contribution in [0.15, 0.2) is 30.3 Å². The quantitative estimate of drug-likeness (QED) is 0.901. The van der Waals surface area contributed by atoms with E-state index < -0.39 is 0 Å². The number of amides is 1. The van der Waals surface area contributed by atoms with E-state index >= 15 is 0 Å². The first-order valence-corrected chi connectivity index (χ1v) is 7.48. The third-order valence-corrected chi connectivity index (χ3v) is 4.41. The number of nitrogens with two attached hydrogens (primary N) is 1. The molecule has 2 N–H and O–H groups in total. The minimum Gasteiger partial charge on any atom is -0.446 e. The Morgan fingerprint density at radius 1 is 1.20 bits per heavy atom. The predicted octanol–water partition coefficient (Wildman–Crippen LogP) is 2.49. The third kappa shape index (κ3) is 2.96. The van der Waals surface area contributed by atoms with Gasteiger partial charge in [0.15, 0.2) is 0 Å². The van der Waals surface area contributed by atoms with Crippen LogP contribution >= 0.6 is 0 Å². The zero-order valence-corrected chi connectivity index (χ0v) is 11.7. The van der Waals surface area contributed by atoms with Crippen LogP contribution in [0.3, 0.4) is 0 Å². The molecule has 2 aliphatic rings. The largest absolute Gasteiger partial charge is 0.446 e. The standard InChI is InChI=1S/C16H22N2O2/c17-14-8-9-18(11-14)16(19)20-15-7-6-13(10-15)12-4-2-1-3-5-12/h1-5,13-15H,6-11,17H2/t13?,14-,15?/m1/s1. The van der Waals surface area contributed by atoms with Gasteiger partial charge in [-0.1, -0.05) is 30.3 Å². The molecule has 20 heavy (non-hydrogen) atoms. The average Bonchev–Trinajstić information content (AvgIpc) is 3.09. The Morgan fingerprint density at radius 3 is 2.70 bits per heavy atom. The summed E-state index contributed by atoms with van der Waals surface area (Å²) >= 11 is 0. The van der Waals surface area contributed by atoms with E-state index in [0.29, 0.717) is 12.5 Å². The fourth-order valence-electron chi connectivity index (χ4n) is 3.25. The molecule has 0 aromatic heterocycles. The van der Waals surface area contributed by atoms with Crippen molar-refractivity contribution in [1.82, 2.24) is 4.90 Å². The van der Waals surface area contributed by atoms with Crippen LogP contribution in [0.1, 0.15) is 37.2 Å². The van der Waals surface area contributed by atoms with E-state index in [1.165, 1.54) is 5.56 Å². The molecule has 108 valence electrons. The topological polar surface area (TPSA) is 55.6 Å². The van der Waals surface area contributed by atoms with Crippen LogP contribution < -0.4 is 5.73 Å². The van der Waals surface area contributed by atoms with Gasteiger partial charge in [0.25, 0.3) is 0 Å². The van der Waals surface area contributed by atoms with Gasteiger partial charge < -0.3 is 15.4 Å². The van der Waals surface area contributed by atoms with Crippen molar-refractivity contribution < 1.29 is 9.53 Å². The van der Waals surface area contributed by atoms with Crippen molar-refractivity contribution in [2.45, 2.75) is 43.7 Å². The van der Waals surface area contributed by atoms with Crippen LogP contribution in [-0.4, -0.2) is 36.2 Å². The lowest BCUT2D eigenvalue weighted by atomic mass is 9.98. The molecule has 1 amide bonds. The lowest BCUT2D eigenvalue weighted by Gasteiger charge is -2.19. The van der Waals surface area contributed by atoms with Gasteiger partial charge in [-0.2, -0.15) is 0 Å². The highest BCUT2D eigenvalue weighted by atomic mass is 16.6. The van der Waals surface area contributed by atoms with Gasteiger partial charge in [0.05, 0.1) is 0 Å². The monoisotopic (exact) mass is 274 g/mol. The molecule has 0 radical (unpaired) electrons. The molecular formula is C16H22N2O2. The summed E-state index contributed by atoms with van der Waals surface area (Å²) in [6, 6.07) is 10.6. The maximum Gasteiger partial charge on any atom is 0.410 e. The number of carbonyl (C=O) groups excluding carboxylic acids is 1. The van der Waals surface area contributed by atoms with Crippen LogP contribution in [0.5, 0.6) is 0 Å². The Morgan fingerprint density at radius 2 is 2.00 bits per heavy atom. The molecule has 1 heterocycles. The molecule has 1 saturated heterocycles. The number of hydrogen-bond donors (Lipinski definition) is 1. The predicted molar refractivity (Wildman–Crippen MR) is 77.5 cm³/mol. The Labute approximate surface area is 119 Å². The smallest absolute Gasteiger partial charge is 0.410 e. The molecule has 0 spiro atoms. The fraction of sp³-hybridized carbons (Fsp3) is 0.562. The molecule has 3 rings (SSSR count). The number of ether oxygens (including phenoxy) is 1. The van der Waals surface area contributed by atoms with Crippen molar-refractivity contribution in [1.29, 1.82) is 0 Å². The van der Waals surface area contributed by atoms with E-state index in [9.17, 15) is 4.79 Å². The highest BCUT2D eigenvalue weighted by Crippen LogP contribution is 2.36. The van der Waals surface area contributed by atoms with Gasteiger partial charge in [0.2, 0.25) is 0 Å². The highest BCUT2D eigenvalue weighted by Gasteiger charge is 2.31. The van der Waals surface area contributed by atoms with E-state index in [2.05, 4.69) is 24.3 Å². The van der Waals surface area contributed by atoms with Crippen LogP contribution in [0.4, 0.5) is 4.79 Å². The van der Waals surface area contributed by atoms with Crippen molar-refractivity contribution >= 4 is 6.09 Å². The van der Waals surface area contributed by atoms with Crippen molar-refractivity contribution in [3.05, 3.63) is 35.9 Å². The number of nitrogens with zero attached hydrogens (tertiary/aromatic N) is 1. The number of likely N-dealkylation sites (tertiary alicyclic amines) is 1. The average molecular weight is 274 g/mol. The molecule has 0 bridgehead atoms. The summed E-state index contributed by atoms with van der Waals surface area (Å²) in [4.78, 5) is 13.8. The lowest BCUT2D eigenvalue weighted by molar-refractivity contribution is 0.0706. The zero-order chi connectivity index (χ0) is 13.9. The summed E-state index contributed by atoms with van der Waals surface area (Å²) in [5.41, 5.74) is 7.18. The second-order valence-electron chi connectivity index (χ2n) is 5.92. The SMILES string of the molecule is N[C@@H]1CCN(C(=O)OC2CCC(c3ccccc3)C2)C1. The van der Waals surface area contributed by atoms with E-state index in [1.54, 1.807) is 4.90 Å². The Kier molecular flexibility index (Phi) is 3.92. The van der Waals surface area contributed by atoms with Gasteiger partial charge in [-0.15, -0.1) is 0 Å². The van der Waals surface area contributed by atoms with Gasteiger partial charge in [-0.3, -0.25) is 0 Å². The first kappa shape index (κ1) is 13.4. The molecule has 1 aliphatic carbocycles. The second-order valence-corrected chi connectivity index (χ2v) is 5.92. The summed E-state index contributed by atoms with van der Waals surface area (Å²) in [7, 11) is 0. The maximum absolute atomic E-state index is 12.0. The fourth-order valence-corrected chi connectivity index (χ4v) is 3.25. The molecule has 3 atom stereocenters. The second kappa shape index (κ2) is 5.83. The number of rotatable bonds is 2. The van der Waals surface area contributed by atoms with Crippen LogP contribution in [0.25, 0.3) is 0 Å². The van der Waals surface area contributed by atoms with Gasteiger partial charge in [-0.05, 0) is 37.2 Å². The third-order valence-electron chi connectivity index (χ3n) is 4.41. The maximum atomic E-state index is 12.0. The Balaban J connectivity index is 1.52. The van der Waals surface area contributed by atoms with Crippen molar-refractivity contribution in [2.24, 2.45) is 5.73 Å². The normalized spacial score (nSPS) is 29.6. The first-order chi connectivity index (χ1) is 9.72. The van der Waals surface area contributed by atoms with Crippen molar-refractivity contribution in [2.75, 3.05) is 13.1 Å². The molecule has 2 unspecified atom stereocenters. The molecular weight excluding hydrogens is 252 g/mol. The van der Waals surface area contributed by atoms with E-state index in [-0.39, 0.29) is 18.2 Å². The van der Waals surface area contributed by atoms with Gasteiger partial charge in [-0.25, -0.2) is 4.79 Å². The van der Waals surface area contributed by atoms with Gasteiger partial charge in [0.1, 0.15) is 6.10 Å². The molecule has 1 aromatic carbocycles. The van der Waals surface area contributed by atoms with Crippen LogP contribution in [-0.2, 0) is 4.74 Å². The summed E-state index contributed by atoms with van der Waals surface area (Å²) < 4.78 is 5.63. The van der Waals surface area contributed by atoms with Crippen molar-refractivity contribution in [3.63, 3.8) is 0 Å². The van der Waals surface area contributed by atoms with Gasteiger partial charge in [0, 0.05) is 19.1 Å². The van der Waals surface area contributed by atoms with E-state index in [0.717, 1.165) is 32.2 Å². The van der Waals surface area contributed by atoms with Crippen LogP contribution in [0.2, 0.25) is 0 Å². The van der Waals surface area contributed by atoms with E-state index in [1.807, 2.05) is 6.07 Å². The minimum absolute atomic E-state index is 0.0598. The molecule has 4 heteroatoms. The first-order valence-electron chi connectivity index (χ1n) is 7.48. The van der Waals surface area contributed by atoms with E-state index in [4.69, 9.17) is 10.5 Å². The summed E-state index contributed by atoms with van der Waals surface area (Å²) in [6.07, 6.45) is 3.76.